The second-order valence-electron chi connectivity index (χ2n) is 2.56. The number of alkyl halides is 1. The molecule has 1 rings (SSSR count). The van der Waals surface area contributed by atoms with Crippen molar-refractivity contribution in [3.63, 3.8) is 0 Å². The molecule has 11 heavy (non-hydrogen) atoms. The molecular weight excluding hydrogens is 172 g/mol. The Morgan fingerprint density at radius 3 is 2.64 bits per heavy atom. The summed E-state index contributed by atoms with van der Waals surface area (Å²) >= 11 is 5.55. The van der Waals surface area contributed by atoms with Crippen LogP contribution in [0.3, 0.4) is 0 Å². The number of aliphatic hydroxyl groups excluding tert-OH is 3. The number of rotatable bonds is 1. The molecule has 1 heterocycles. The van der Waals surface area contributed by atoms with E-state index in [9.17, 15) is 0 Å². The number of hydrogen-bond donors (Lipinski definition) is 3. The van der Waals surface area contributed by atoms with Crippen LogP contribution in [-0.2, 0) is 4.74 Å². The summed E-state index contributed by atoms with van der Waals surface area (Å²) in [5.74, 6) is 0. The predicted molar refractivity (Wildman–Crippen MR) is 38.2 cm³/mol. The quantitative estimate of drug-likeness (QED) is 0.458. The van der Waals surface area contributed by atoms with E-state index >= 15 is 0 Å². The first kappa shape index (κ1) is 9.22. The molecule has 0 radical (unpaired) electrons. The minimum absolute atomic E-state index is 0.194. The summed E-state index contributed by atoms with van der Waals surface area (Å²) in [5.41, 5.74) is -0.620. The van der Waals surface area contributed by atoms with Crippen LogP contribution in [-0.4, -0.2) is 45.8 Å². The van der Waals surface area contributed by atoms with Crippen molar-refractivity contribution in [3.8, 4) is 0 Å². The molecule has 1 saturated heterocycles. The summed E-state index contributed by atoms with van der Waals surface area (Å²) in [6.45, 7) is -0.332. The van der Waals surface area contributed by atoms with Crippen molar-refractivity contribution in [2.24, 2.45) is 0 Å². The zero-order valence-corrected chi connectivity index (χ0v) is 6.61. The minimum atomic E-state index is -1.03. The Bertz CT molecular complexity index is 132. The van der Waals surface area contributed by atoms with Crippen LogP contribution in [0, 0.1) is 0 Å². The molecule has 0 aromatic heterocycles. The van der Waals surface area contributed by atoms with E-state index in [1.165, 1.54) is 0 Å². The van der Waals surface area contributed by atoms with Gasteiger partial charge in [0, 0.05) is 6.42 Å². The van der Waals surface area contributed by atoms with Gasteiger partial charge in [-0.2, -0.15) is 0 Å². The summed E-state index contributed by atoms with van der Waals surface area (Å²) in [6.07, 6.45) is -2.50. The molecule has 4 atom stereocenters. The van der Waals surface area contributed by atoms with Crippen LogP contribution >= 0.6 is 11.6 Å². The largest absolute Gasteiger partial charge is 0.394 e. The number of ether oxygens (including phenoxy) is 1. The highest BCUT2D eigenvalue weighted by molar-refractivity contribution is 6.19. The Labute approximate surface area is 69.4 Å². The van der Waals surface area contributed by atoms with E-state index in [-0.39, 0.29) is 13.0 Å². The second kappa shape index (κ2) is 3.69. The lowest BCUT2D eigenvalue weighted by molar-refractivity contribution is -0.159. The first-order valence-electron chi connectivity index (χ1n) is 3.41. The van der Waals surface area contributed by atoms with Gasteiger partial charge in [0.15, 0.2) is 0 Å². The molecule has 0 amide bonds. The third kappa shape index (κ3) is 2.04. The lowest BCUT2D eigenvalue weighted by atomic mass is 10.0. The van der Waals surface area contributed by atoms with E-state index in [0.717, 1.165) is 0 Å². The molecule has 4 nitrogen and oxygen atoms in total. The average molecular weight is 183 g/mol. The summed E-state index contributed by atoms with van der Waals surface area (Å²) in [7, 11) is 0. The van der Waals surface area contributed by atoms with Crippen LogP contribution in [0.25, 0.3) is 0 Å². The van der Waals surface area contributed by atoms with Gasteiger partial charge < -0.3 is 20.1 Å². The Kier molecular flexibility index (Phi) is 3.09. The van der Waals surface area contributed by atoms with E-state index in [4.69, 9.17) is 31.7 Å². The maximum Gasteiger partial charge on any atom is 0.134 e. The lowest BCUT2D eigenvalue weighted by Gasteiger charge is -2.33. The van der Waals surface area contributed by atoms with Gasteiger partial charge in [0.2, 0.25) is 0 Å². The maximum absolute atomic E-state index is 9.16. The highest BCUT2D eigenvalue weighted by Crippen LogP contribution is 2.22. The SMILES string of the molecule is OC[C@H]1OC(Cl)C[C@@H](O)[C@@H]1O. The van der Waals surface area contributed by atoms with Gasteiger partial charge in [-0.15, -0.1) is 0 Å². The molecule has 0 aromatic carbocycles. The topological polar surface area (TPSA) is 69.9 Å². The number of aliphatic hydroxyl groups is 3. The van der Waals surface area contributed by atoms with E-state index in [1.807, 2.05) is 0 Å². The van der Waals surface area contributed by atoms with Crippen LogP contribution < -0.4 is 0 Å². The maximum atomic E-state index is 9.16. The highest BCUT2D eigenvalue weighted by Gasteiger charge is 2.35. The standard InChI is InChI=1S/C6H11ClO4/c7-5-1-3(9)6(10)4(2-8)11-5/h3-6,8-10H,1-2H2/t3-,4-,5?,6+/m1/s1. The fourth-order valence-electron chi connectivity index (χ4n) is 1.05. The van der Waals surface area contributed by atoms with Crippen molar-refractivity contribution in [1.29, 1.82) is 0 Å². The molecule has 0 spiro atoms. The Morgan fingerprint density at radius 2 is 2.09 bits per heavy atom. The molecule has 0 bridgehead atoms. The first-order valence-corrected chi connectivity index (χ1v) is 3.85. The van der Waals surface area contributed by atoms with Crippen LogP contribution in [0.4, 0.5) is 0 Å². The smallest absolute Gasteiger partial charge is 0.134 e. The van der Waals surface area contributed by atoms with Crippen molar-refractivity contribution in [3.05, 3.63) is 0 Å². The molecule has 1 aliphatic heterocycles. The molecule has 1 fully saturated rings. The number of halogens is 1. The molecule has 5 heteroatoms. The summed E-state index contributed by atoms with van der Waals surface area (Å²) in [5, 5.41) is 26.9. The lowest BCUT2D eigenvalue weighted by Crippen LogP contribution is -2.48. The van der Waals surface area contributed by atoms with Crippen molar-refractivity contribution >= 4 is 11.6 Å². The Morgan fingerprint density at radius 1 is 1.45 bits per heavy atom. The monoisotopic (exact) mass is 182 g/mol. The summed E-state index contributed by atoms with van der Waals surface area (Å²) in [4.78, 5) is 0. The van der Waals surface area contributed by atoms with Gasteiger partial charge in [-0.25, -0.2) is 0 Å². The van der Waals surface area contributed by atoms with E-state index in [2.05, 4.69) is 0 Å². The van der Waals surface area contributed by atoms with Gasteiger partial charge in [-0.05, 0) is 0 Å². The fraction of sp³-hybridized carbons (Fsp3) is 1.00. The normalized spacial score (nSPS) is 45.8. The van der Waals surface area contributed by atoms with Crippen LogP contribution in [0.2, 0.25) is 0 Å². The molecule has 0 aliphatic carbocycles. The molecule has 1 unspecified atom stereocenters. The van der Waals surface area contributed by atoms with Crippen molar-refractivity contribution < 1.29 is 20.1 Å². The van der Waals surface area contributed by atoms with E-state index < -0.39 is 23.9 Å². The Balaban J connectivity index is 2.51. The summed E-state index contributed by atoms with van der Waals surface area (Å²) in [6, 6.07) is 0. The van der Waals surface area contributed by atoms with E-state index in [1.54, 1.807) is 0 Å². The summed E-state index contributed by atoms with van der Waals surface area (Å²) < 4.78 is 4.92. The highest BCUT2D eigenvalue weighted by atomic mass is 35.5. The third-order valence-electron chi connectivity index (χ3n) is 1.70. The molecular formula is C6H11ClO4. The molecule has 0 aromatic rings. The van der Waals surface area contributed by atoms with Crippen molar-refractivity contribution in [2.45, 2.75) is 30.3 Å². The van der Waals surface area contributed by atoms with Crippen LogP contribution in [0.5, 0.6) is 0 Å². The third-order valence-corrected chi connectivity index (χ3v) is 1.99. The Hall–Kier alpha value is 0.130. The average Bonchev–Trinajstić information content (AvgIpc) is 1.96. The molecule has 0 saturated carbocycles. The zero-order chi connectivity index (χ0) is 8.43. The second-order valence-corrected chi connectivity index (χ2v) is 3.05. The molecule has 66 valence electrons. The van der Waals surface area contributed by atoms with Gasteiger partial charge >= 0.3 is 0 Å². The van der Waals surface area contributed by atoms with Gasteiger partial charge in [0.25, 0.3) is 0 Å². The van der Waals surface area contributed by atoms with Gasteiger partial charge in [0.1, 0.15) is 17.8 Å². The van der Waals surface area contributed by atoms with Crippen LogP contribution in [0.15, 0.2) is 0 Å². The zero-order valence-electron chi connectivity index (χ0n) is 5.85. The first-order chi connectivity index (χ1) is 5.15. The fourth-order valence-corrected chi connectivity index (χ4v) is 1.37. The molecule has 3 N–H and O–H groups in total. The van der Waals surface area contributed by atoms with Gasteiger partial charge in [0.05, 0.1) is 12.7 Å². The van der Waals surface area contributed by atoms with Crippen molar-refractivity contribution in [1.82, 2.24) is 0 Å². The number of hydrogen-bond acceptors (Lipinski definition) is 4. The van der Waals surface area contributed by atoms with Gasteiger partial charge in [-0.1, -0.05) is 11.6 Å². The van der Waals surface area contributed by atoms with Crippen LogP contribution in [0.1, 0.15) is 6.42 Å². The van der Waals surface area contributed by atoms with E-state index in [0.29, 0.717) is 0 Å². The van der Waals surface area contributed by atoms with Crippen molar-refractivity contribution in [2.75, 3.05) is 6.61 Å². The molecule has 1 aliphatic rings. The predicted octanol–water partition coefficient (Wildman–Crippen LogP) is -0.946. The van der Waals surface area contributed by atoms with Gasteiger partial charge in [-0.3, -0.25) is 0 Å². The minimum Gasteiger partial charge on any atom is -0.394 e.